The average Bonchev–Trinajstić information content (AvgIpc) is 2.87. The number of alkyl halides is 1. The van der Waals surface area contributed by atoms with E-state index in [1.54, 1.807) is 28.5 Å². The van der Waals surface area contributed by atoms with Gasteiger partial charge in [0, 0.05) is 13.1 Å². The van der Waals surface area contributed by atoms with Gasteiger partial charge in [-0.3, -0.25) is 4.79 Å². The smallest absolute Gasteiger partial charge is 0.245 e. The van der Waals surface area contributed by atoms with Crippen LogP contribution in [0.5, 0.6) is 0 Å². The van der Waals surface area contributed by atoms with Gasteiger partial charge in [0.05, 0.1) is 11.4 Å². The predicted octanol–water partition coefficient (Wildman–Crippen LogP) is 3.34. The zero-order valence-corrected chi connectivity index (χ0v) is 13.2. The van der Waals surface area contributed by atoms with Gasteiger partial charge in [-0.15, -0.1) is 11.6 Å². The molecule has 2 rings (SSSR count). The molecule has 1 unspecified atom stereocenters. The second kappa shape index (κ2) is 6.43. The van der Waals surface area contributed by atoms with E-state index in [9.17, 15) is 9.18 Å². The zero-order valence-electron chi connectivity index (χ0n) is 12.4. The van der Waals surface area contributed by atoms with Crippen LogP contribution in [0.25, 0.3) is 11.0 Å². The Morgan fingerprint density at radius 3 is 2.67 bits per heavy atom. The van der Waals surface area contributed by atoms with E-state index < -0.39 is 11.9 Å². The van der Waals surface area contributed by atoms with E-state index in [4.69, 9.17) is 11.6 Å². The lowest BCUT2D eigenvalue weighted by atomic mass is 10.2. The van der Waals surface area contributed by atoms with E-state index in [0.29, 0.717) is 24.4 Å². The number of carbonyl (C=O) groups excluding carboxylic acids is 1. The molecule has 0 N–H and O–H groups in total. The van der Waals surface area contributed by atoms with Crippen LogP contribution in [-0.2, 0) is 10.7 Å². The normalized spacial score (nSPS) is 12.6. The molecule has 0 radical (unpaired) electrons. The monoisotopic (exact) mass is 311 g/mol. The molecule has 0 spiro atoms. The summed E-state index contributed by atoms with van der Waals surface area (Å²) >= 11 is 5.92. The maximum absolute atomic E-state index is 13.9. The average molecular weight is 312 g/mol. The van der Waals surface area contributed by atoms with Crippen molar-refractivity contribution in [2.75, 3.05) is 13.1 Å². The molecule has 21 heavy (non-hydrogen) atoms. The lowest BCUT2D eigenvalue weighted by Crippen LogP contribution is -2.36. The van der Waals surface area contributed by atoms with Gasteiger partial charge in [0.15, 0.2) is 5.82 Å². The maximum Gasteiger partial charge on any atom is 0.245 e. The molecular weight excluding hydrogens is 293 g/mol. The first-order chi connectivity index (χ1) is 10.0. The third-order valence-electron chi connectivity index (χ3n) is 3.68. The summed E-state index contributed by atoms with van der Waals surface area (Å²) in [6.07, 6.45) is 0. The number of hydrogen-bond acceptors (Lipinski definition) is 2. The quantitative estimate of drug-likeness (QED) is 0.794. The Labute approximate surface area is 128 Å². The molecule has 1 amide bonds. The Kier molecular flexibility index (Phi) is 4.83. The lowest BCUT2D eigenvalue weighted by molar-refractivity contribution is -0.133. The van der Waals surface area contributed by atoms with Gasteiger partial charge < -0.3 is 9.47 Å². The summed E-state index contributed by atoms with van der Waals surface area (Å²) in [6, 6.07) is 4.26. The first-order valence-electron chi connectivity index (χ1n) is 7.05. The van der Waals surface area contributed by atoms with Gasteiger partial charge in [-0.1, -0.05) is 6.07 Å². The van der Waals surface area contributed by atoms with Crippen molar-refractivity contribution in [1.82, 2.24) is 14.5 Å². The first kappa shape index (κ1) is 15.8. The topological polar surface area (TPSA) is 38.1 Å². The molecule has 1 aromatic carbocycles. The molecular formula is C15H19ClFN3O. The molecule has 2 aromatic rings. The lowest BCUT2D eigenvalue weighted by Gasteiger charge is -2.24. The Balaban J connectivity index is 2.54. The zero-order chi connectivity index (χ0) is 15.6. The molecule has 0 aliphatic carbocycles. The number of halogens is 2. The highest BCUT2D eigenvalue weighted by atomic mass is 35.5. The van der Waals surface area contributed by atoms with Gasteiger partial charge in [0.2, 0.25) is 5.91 Å². The van der Waals surface area contributed by atoms with E-state index in [1.165, 1.54) is 6.07 Å². The molecule has 1 heterocycles. The van der Waals surface area contributed by atoms with Gasteiger partial charge >= 0.3 is 0 Å². The predicted molar refractivity (Wildman–Crippen MR) is 81.9 cm³/mol. The largest absolute Gasteiger partial charge is 0.341 e. The number of nitrogens with zero attached hydrogens (tertiary/aromatic N) is 3. The summed E-state index contributed by atoms with van der Waals surface area (Å²) in [4.78, 5) is 18.5. The number of benzene rings is 1. The van der Waals surface area contributed by atoms with Crippen molar-refractivity contribution in [3.8, 4) is 0 Å². The first-order valence-corrected chi connectivity index (χ1v) is 7.58. The molecule has 6 heteroatoms. The number of rotatable bonds is 5. The van der Waals surface area contributed by atoms with Crippen LogP contribution in [-0.4, -0.2) is 33.4 Å². The van der Waals surface area contributed by atoms with Gasteiger partial charge in [0.25, 0.3) is 0 Å². The summed E-state index contributed by atoms with van der Waals surface area (Å²) < 4.78 is 15.6. The highest BCUT2D eigenvalue weighted by Gasteiger charge is 2.25. The van der Waals surface area contributed by atoms with Crippen LogP contribution < -0.4 is 0 Å². The molecule has 0 saturated carbocycles. The number of fused-ring (bicyclic) bond motifs is 1. The van der Waals surface area contributed by atoms with Crippen molar-refractivity contribution in [1.29, 1.82) is 0 Å². The maximum atomic E-state index is 13.9. The minimum atomic E-state index is -0.467. The fourth-order valence-electron chi connectivity index (χ4n) is 2.57. The summed E-state index contributed by atoms with van der Waals surface area (Å²) in [7, 11) is 0. The number of hydrogen-bond donors (Lipinski definition) is 0. The highest BCUT2D eigenvalue weighted by Crippen LogP contribution is 2.25. The van der Waals surface area contributed by atoms with Crippen LogP contribution in [0.1, 0.15) is 32.6 Å². The molecule has 0 bridgehead atoms. The molecule has 0 fully saturated rings. The minimum absolute atomic E-state index is 0.0186. The third kappa shape index (κ3) is 2.75. The van der Waals surface area contributed by atoms with Crippen molar-refractivity contribution in [3.63, 3.8) is 0 Å². The van der Waals surface area contributed by atoms with Crippen LogP contribution in [0.4, 0.5) is 4.39 Å². The second-order valence-electron chi connectivity index (χ2n) is 4.83. The summed E-state index contributed by atoms with van der Waals surface area (Å²) in [6.45, 7) is 6.93. The van der Waals surface area contributed by atoms with E-state index in [0.717, 1.165) is 0 Å². The van der Waals surface area contributed by atoms with Crippen molar-refractivity contribution in [2.45, 2.75) is 32.7 Å². The number of amides is 1. The molecule has 0 aliphatic heterocycles. The van der Waals surface area contributed by atoms with Crippen molar-refractivity contribution in [3.05, 3.63) is 29.8 Å². The van der Waals surface area contributed by atoms with Crippen molar-refractivity contribution >= 4 is 28.5 Å². The minimum Gasteiger partial charge on any atom is -0.341 e. The van der Waals surface area contributed by atoms with Crippen LogP contribution >= 0.6 is 11.6 Å². The number of para-hydroxylation sites is 1. The van der Waals surface area contributed by atoms with E-state index in [1.807, 2.05) is 13.8 Å². The standard InChI is InChI=1S/C15H19ClFN3O/c1-4-19(5-2)15(21)10(3)20-12-8-6-7-11(17)14(12)18-13(20)9-16/h6-8,10H,4-5,9H2,1-3H3. The number of aromatic nitrogens is 2. The highest BCUT2D eigenvalue weighted by molar-refractivity contribution is 6.17. The number of carbonyl (C=O) groups is 1. The Morgan fingerprint density at radius 1 is 1.43 bits per heavy atom. The summed E-state index contributed by atoms with van der Waals surface area (Å²) in [5.74, 6) is 0.212. The molecule has 0 aliphatic rings. The summed E-state index contributed by atoms with van der Waals surface area (Å²) in [5.41, 5.74) is 0.853. The Hall–Kier alpha value is -1.62. The van der Waals surface area contributed by atoms with Gasteiger partial charge in [-0.2, -0.15) is 0 Å². The Bertz CT molecular complexity index is 652. The molecule has 0 saturated heterocycles. The second-order valence-corrected chi connectivity index (χ2v) is 5.09. The van der Waals surface area contributed by atoms with Crippen LogP contribution in [0.15, 0.2) is 18.2 Å². The molecule has 4 nitrogen and oxygen atoms in total. The van der Waals surface area contributed by atoms with Gasteiger partial charge in [-0.25, -0.2) is 9.37 Å². The van der Waals surface area contributed by atoms with E-state index >= 15 is 0 Å². The summed E-state index contributed by atoms with van der Waals surface area (Å²) in [5, 5.41) is 0. The van der Waals surface area contributed by atoms with Crippen LogP contribution in [0.2, 0.25) is 0 Å². The molecule has 1 atom stereocenters. The van der Waals surface area contributed by atoms with Crippen LogP contribution in [0, 0.1) is 5.82 Å². The third-order valence-corrected chi connectivity index (χ3v) is 3.92. The van der Waals surface area contributed by atoms with E-state index in [-0.39, 0.29) is 17.3 Å². The van der Waals surface area contributed by atoms with E-state index in [2.05, 4.69) is 4.98 Å². The fourth-order valence-corrected chi connectivity index (χ4v) is 2.76. The fraction of sp³-hybridized carbons (Fsp3) is 0.467. The molecule has 1 aromatic heterocycles. The van der Waals surface area contributed by atoms with Crippen LogP contribution in [0.3, 0.4) is 0 Å². The number of likely N-dealkylation sites (N-methyl/N-ethyl adjacent to an activating group) is 1. The SMILES string of the molecule is CCN(CC)C(=O)C(C)n1c(CCl)nc2c(F)cccc21. The van der Waals surface area contributed by atoms with Gasteiger partial charge in [-0.05, 0) is 32.9 Å². The Morgan fingerprint density at radius 2 is 2.10 bits per heavy atom. The van der Waals surface area contributed by atoms with Crippen molar-refractivity contribution in [2.24, 2.45) is 0 Å². The van der Waals surface area contributed by atoms with Gasteiger partial charge in [0.1, 0.15) is 17.4 Å². The van der Waals surface area contributed by atoms with Crippen molar-refractivity contribution < 1.29 is 9.18 Å². The molecule has 114 valence electrons. The number of imidazole rings is 1.